The summed E-state index contributed by atoms with van der Waals surface area (Å²) in [6, 6.07) is 6.35. The fourth-order valence-electron chi connectivity index (χ4n) is 1.85. The van der Waals surface area contributed by atoms with Crippen molar-refractivity contribution < 1.29 is 36.2 Å². The van der Waals surface area contributed by atoms with Gasteiger partial charge in [0, 0.05) is 0 Å². The summed E-state index contributed by atoms with van der Waals surface area (Å²) >= 11 is 0. The van der Waals surface area contributed by atoms with E-state index in [0.29, 0.717) is 16.7 Å². The second-order valence-electron chi connectivity index (χ2n) is 6.02. The second kappa shape index (κ2) is 6.40. The molecule has 24 heavy (non-hydrogen) atoms. The van der Waals surface area contributed by atoms with Gasteiger partial charge in [-0.25, -0.2) is 0 Å². The summed E-state index contributed by atoms with van der Waals surface area (Å²) in [5, 5.41) is 9.15. The largest absolute Gasteiger partial charge is 0.428 e. The average molecular weight is 356 g/mol. The van der Waals surface area contributed by atoms with Gasteiger partial charge in [-0.05, 0) is 38.0 Å². The minimum absolute atomic E-state index is 0.356. The molecule has 1 aromatic carbocycles. The maximum absolute atomic E-state index is 12.7. The van der Waals surface area contributed by atoms with Crippen LogP contribution < -0.4 is 0 Å². The van der Waals surface area contributed by atoms with Gasteiger partial charge in [-0.3, -0.25) is 0 Å². The number of hydrogen-bond donors (Lipinski definition) is 1. The number of rotatable bonds is 5. The predicted octanol–water partition coefficient (Wildman–Crippen LogP) is 4.83. The van der Waals surface area contributed by atoms with Gasteiger partial charge in [-0.2, -0.15) is 26.3 Å². The molecule has 1 aromatic rings. The molecule has 0 aliphatic carbocycles. The van der Waals surface area contributed by atoms with Crippen LogP contribution in [0, 0.1) is 0 Å². The van der Waals surface area contributed by atoms with Gasteiger partial charge < -0.3 is 9.84 Å². The third kappa shape index (κ3) is 4.10. The highest BCUT2D eigenvalue weighted by atomic mass is 19.4. The summed E-state index contributed by atoms with van der Waals surface area (Å²) in [4.78, 5) is 0. The topological polar surface area (TPSA) is 29.5 Å². The highest BCUT2D eigenvalue weighted by Gasteiger charge is 2.71. The third-order valence-corrected chi connectivity index (χ3v) is 3.63. The fraction of sp³-hybridized carbons (Fsp3) is 0.500. The Morgan fingerprint density at radius 3 is 2.00 bits per heavy atom. The van der Waals surface area contributed by atoms with E-state index < -0.39 is 30.2 Å². The maximum Gasteiger partial charge on any atom is 0.428 e. The summed E-state index contributed by atoms with van der Waals surface area (Å²) in [6.45, 7) is 6.09. The Morgan fingerprint density at radius 2 is 1.58 bits per heavy atom. The number of alkyl halides is 6. The van der Waals surface area contributed by atoms with Crippen LogP contribution in [-0.2, 0) is 10.3 Å². The molecule has 0 aliphatic heterocycles. The first-order valence-corrected chi connectivity index (χ1v) is 6.88. The predicted molar refractivity (Wildman–Crippen MR) is 77.2 cm³/mol. The van der Waals surface area contributed by atoms with Gasteiger partial charge in [0.2, 0.25) is 0 Å². The Morgan fingerprint density at radius 1 is 1.08 bits per heavy atom. The Hall–Kier alpha value is -1.54. The maximum atomic E-state index is 12.7. The monoisotopic (exact) mass is 356 g/mol. The number of benzene rings is 1. The lowest BCUT2D eigenvalue weighted by atomic mass is 9.94. The molecule has 0 spiro atoms. The van der Waals surface area contributed by atoms with Gasteiger partial charge in [-0.1, -0.05) is 30.4 Å². The molecule has 0 radical (unpaired) electrons. The van der Waals surface area contributed by atoms with Crippen LogP contribution in [0.15, 0.2) is 30.8 Å². The number of ether oxygens (including phenoxy) is 1. The number of allylic oxidation sites excluding steroid dienone is 1. The fourth-order valence-corrected chi connectivity index (χ4v) is 1.85. The summed E-state index contributed by atoms with van der Waals surface area (Å²) < 4.78 is 81.0. The molecule has 8 heteroatoms. The molecule has 0 saturated heterocycles. The molecule has 2 nitrogen and oxygen atoms in total. The lowest BCUT2D eigenvalue weighted by molar-refractivity contribution is -0.382. The first kappa shape index (κ1) is 20.5. The van der Waals surface area contributed by atoms with Crippen molar-refractivity contribution in [2.24, 2.45) is 0 Å². The lowest BCUT2D eigenvalue weighted by Gasteiger charge is -2.35. The quantitative estimate of drug-likeness (QED) is 0.766. The third-order valence-electron chi connectivity index (χ3n) is 3.63. The van der Waals surface area contributed by atoms with Crippen molar-refractivity contribution in [3.05, 3.63) is 42.0 Å². The Labute approximate surface area is 135 Å². The molecule has 0 bridgehead atoms. The van der Waals surface area contributed by atoms with Crippen molar-refractivity contribution in [3.63, 3.8) is 0 Å². The van der Waals surface area contributed by atoms with Crippen molar-refractivity contribution in [2.45, 2.75) is 44.3 Å². The van der Waals surface area contributed by atoms with Crippen LogP contribution in [-0.4, -0.2) is 29.7 Å². The van der Waals surface area contributed by atoms with Crippen LogP contribution in [0.4, 0.5) is 26.3 Å². The molecule has 0 amide bonds. The number of halogens is 6. The van der Waals surface area contributed by atoms with Gasteiger partial charge >= 0.3 is 12.4 Å². The highest BCUT2D eigenvalue weighted by Crippen LogP contribution is 2.44. The minimum atomic E-state index is -5.92. The van der Waals surface area contributed by atoms with Gasteiger partial charge in [0.15, 0.2) is 0 Å². The van der Waals surface area contributed by atoms with Gasteiger partial charge in [0.25, 0.3) is 5.60 Å². The van der Waals surface area contributed by atoms with Crippen molar-refractivity contribution in [1.29, 1.82) is 0 Å². The molecule has 0 heterocycles. The van der Waals surface area contributed by atoms with E-state index in [2.05, 4.69) is 6.58 Å². The van der Waals surface area contributed by atoms with Crippen LogP contribution in [0.25, 0.3) is 5.57 Å². The summed E-state index contributed by atoms with van der Waals surface area (Å²) in [6.07, 6.45) is -11.8. The molecule has 1 N–H and O–H groups in total. The molecule has 0 fully saturated rings. The van der Waals surface area contributed by atoms with Crippen molar-refractivity contribution in [3.8, 4) is 0 Å². The van der Waals surface area contributed by atoms with Crippen molar-refractivity contribution >= 4 is 5.57 Å². The van der Waals surface area contributed by atoms with E-state index in [1.54, 1.807) is 25.1 Å². The second-order valence-corrected chi connectivity index (χ2v) is 6.02. The molecule has 0 saturated carbocycles. The first-order valence-electron chi connectivity index (χ1n) is 6.88. The molecule has 0 atom stereocenters. The lowest BCUT2D eigenvalue weighted by Crippen LogP contribution is -2.60. The van der Waals surface area contributed by atoms with Crippen LogP contribution >= 0.6 is 0 Å². The van der Waals surface area contributed by atoms with Crippen LogP contribution in [0.5, 0.6) is 0 Å². The zero-order chi connectivity index (χ0) is 19.0. The molecular weight excluding hydrogens is 338 g/mol. The Bertz CT molecular complexity index is 587. The van der Waals surface area contributed by atoms with E-state index >= 15 is 0 Å². The van der Waals surface area contributed by atoms with E-state index in [-0.39, 0.29) is 0 Å². The summed E-state index contributed by atoms with van der Waals surface area (Å²) in [5.41, 5.74) is -4.73. The number of aliphatic hydroxyl groups is 1. The molecule has 0 aliphatic rings. The van der Waals surface area contributed by atoms with Gasteiger partial charge in [0.1, 0.15) is 0 Å². The van der Waals surface area contributed by atoms with Crippen LogP contribution in [0.1, 0.15) is 31.9 Å². The van der Waals surface area contributed by atoms with E-state index in [1.165, 1.54) is 19.9 Å². The highest BCUT2D eigenvalue weighted by molar-refractivity contribution is 5.62. The molecule has 1 rings (SSSR count). The van der Waals surface area contributed by atoms with E-state index in [1.807, 2.05) is 0 Å². The van der Waals surface area contributed by atoms with E-state index in [4.69, 9.17) is 9.84 Å². The molecule has 0 unspecified atom stereocenters. The van der Waals surface area contributed by atoms with Crippen LogP contribution in [0.3, 0.4) is 0 Å². The SMILES string of the molecule is C=C(C)c1cccc(C(C)(C)OCC(O)(C(F)(F)F)C(F)(F)F)c1. The Balaban J connectivity index is 3.10. The number of hydrogen-bond acceptors (Lipinski definition) is 2. The average Bonchev–Trinajstić information content (AvgIpc) is 2.42. The molecule has 136 valence electrons. The van der Waals surface area contributed by atoms with Gasteiger partial charge in [0.05, 0.1) is 12.2 Å². The molecule has 0 aromatic heterocycles. The van der Waals surface area contributed by atoms with E-state index in [9.17, 15) is 26.3 Å². The standard InChI is InChI=1S/C16H18F6O2/c1-10(2)11-6-5-7-12(8-11)13(3,4)24-9-14(23,15(17,18)19)16(20,21)22/h5-8,23H,1,9H2,2-4H3. The van der Waals surface area contributed by atoms with Gasteiger partial charge in [-0.15, -0.1) is 0 Å². The van der Waals surface area contributed by atoms with Crippen molar-refractivity contribution in [2.75, 3.05) is 6.61 Å². The first-order chi connectivity index (χ1) is 10.6. The summed E-state index contributed by atoms with van der Waals surface area (Å²) in [5.74, 6) is 0. The normalized spacial score (nSPS) is 13.9. The smallest absolute Gasteiger partial charge is 0.372 e. The van der Waals surface area contributed by atoms with Crippen molar-refractivity contribution in [1.82, 2.24) is 0 Å². The van der Waals surface area contributed by atoms with E-state index in [0.717, 1.165) is 0 Å². The zero-order valence-corrected chi connectivity index (χ0v) is 13.3. The minimum Gasteiger partial charge on any atom is -0.372 e. The molecular formula is C16H18F6O2. The van der Waals surface area contributed by atoms with Crippen LogP contribution in [0.2, 0.25) is 0 Å². The Kier molecular flexibility index (Phi) is 5.47. The zero-order valence-electron chi connectivity index (χ0n) is 13.3. The summed E-state index contributed by atoms with van der Waals surface area (Å²) in [7, 11) is 0.